The van der Waals surface area contributed by atoms with Gasteiger partial charge in [-0.05, 0) is 43.2 Å². The van der Waals surface area contributed by atoms with E-state index in [0.29, 0.717) is 18.7 Å². The van der Waals surface area contributed by atoms with Gasteiger partial charge in [0.15, 0.2) is 0 Å². The third-order valence-electron chi connectivity index (χ3n) is 6.27. The molecule has 2 aliphatic rings. The summed E-state index contributed by atoms with van der Waals surface area (Å²) in [6.07, 6.45) is 1.02. The lowest BCUT2D eigenvalue weighted by Crippen LogP contribution is -2.33. The predicted octanol–water partition coefficient (Wildman–Crippen LogP) is 3.00. The molecule has 0 amide bonds. The molecule has 2 atom stereocenters. The highest BCUT2D eigenvalue weighted by Gasteiger charge is 2.32. The molecule has 0 saturated heterocycles. The first kappa shape index (κ1) is 17.4. The summed E-state index contributed by atoms with van der Waals surface area (Å²) in [5, 5.41) is 11.0. The van der Waals surface area contributed by atoms with Gasteiger partial charge < -0.3 is 20.1 Å². The molecule has 0 radical (unpaired) electrons. The van der Waals surface area contributed by atoms with Crippen LogP contribution in [0.1, 0.15) is 48.4 Å². The Balaban J connectivity index is 1.76. The smallest absolute Gasteiger partial charge is 0.257 e. The third kappa shape index (κ3) is 2.28. The van der Waals surface area contributed by atoms with Gasteiger partial charge in [0.25, 0.3) is 5.56 Å². The number of fused-ring (bicyclic) bond motifs is 5. The average molecular weight is 377 g/mol. The predicted molar refractivity (Wildman–Crippen MR) is 107 cm³/mol. The van der Waals surface area contributed by atoms with Crippen molar-refractivity contribution in [3.05, 3.63) is 56.9 Å². The van der Waals surface area contributed by atoms with Gasteiger partial charge in [-0.15, -0.1) is 0 Å². The topological polar surface area (TPSA) is 90.4 Å². The summed E-state index contributed by atoms with van der Waals surface area (Å²) in [5.74, 6) is 0.393. The number of aromatic hydroxyl groups is 1. The number of pyridine rings is 2. The van der Waals surface area contributed by atoms with Crippen LogP contribution in [0.2, 0.25) is 0 Å². The molecule has 2 unspecified atom stereocenters. The fraction of sp³-hybridized carbons (Fsp3) is 0.364. The maximum atomic E-state index is 13.2. The lowest BCUT2D eigenvalue weighted by molar-refractivity contribution is 0.0180. The van der Waals surface area contributed by atoms with Crippen LogP contribution < -0.4 is 11.3 Å². The Morgan fingerprint density at radius 1 is 1.36 bits per heavy atom. The first-order chi connectivity index (χ1) is 13.5. The zero-order valence-corrected chi connectivity index (χ0v) is 16.0. The molecular weight excluding hydrogens is 354 g/mol. The Kier molecular flexibility index (Phi) is 3.82. The molecular formula is C22H23N3O3. The van der Waals surface area contributed by atoms with Crippen LogP contribution in [0.25, 0.3) is 22.3 Å². The van der Waals surface area contributed by atoms with Crippen molar-refractivity contribution in [2.24, 2.45) is 5.73 Å². The Morgan fingerprint density at radius 3 is 2.93 bits per heavy atom. The van der Waals surface area contributed by atoms with Crippen LogP contribution in [0, 0.1) is 0 Å². The highest BCUT2D eigenvalue weighted by molar-refractivity contribution is 5.88. The molecule has 1 aromatic carbocycles. The van der Waals surface area contributed by atoms with Gasteiger partial charge in [0.05, 0.1) is 36.2 Å². The minimum Gasteiger partial charge on any atom is -0.508 e. The molecule has 0 fully saturated rings. The lowest BCUT2D eigenvalue weighted by Gasteiger charge is -2.31. The molecule has 0 bridgehead atoms. The van der Waals surface area contributed by atoms with Gasteiger partial charge in [0, 0.05) is 34.5 Å². The fourth-order valence-corrected chi connectivity index (χ4v) is 4.73. The molecule has 144 valence electrons. The molecule has 2 aromatic heterocycles. The first-order valence-electron chi connectivity index (χ1n) is 9.76. The van der Waals surface area contributed by atoms with Crippen molar-refractivity contribution >= 4 is 10.9 Å². The summed E-state index contributed by atoms with van der Waals surface area (Å²) in [6, 6.07) is 7.58. The van der Waals surface area contributed by atoms with Crippen LogP contribution in [-0.2, 0) is 24.4 Å². The maximum absolute atomic E-state index is 13.2. The number of phenols is 1. The first-order valence-corrected chi connectivity index (χ1v) is 9.76. The summed E-state index contributed by atoms with van der Waals surface area (Å²) in [4.78, 5) is 18.1. The SMILES string of the molecule is CCC1c2cc3n(c(=O)c2COC1C)Cc1cc2c(CN)c(O)ccc2nc1-3. The van der Waals surface area contributed by atoms with Gasteiger partial charge in [-0.3, -0.25) is 4.79 Å². The molecule has 5 rings (SSSR count). The highest BCUT2D eigenvalue weighted by atomic mass is 16.5. The molecule has 28 heavy (non-hydrogen) atoms. The summed E-state index contributed by atoms with van der Waals surface area (Å²) >= 11 is 0. The number of hydrogen-bond donors (Lipinski definition) is 2. The lowest BCUT2D eigenvalue weighted by atomic mass is 9.86. The van der Waals surface area contributed by atoms with Crippen molar-refractivity contribution in [2.75, 3.05) is 0 Å². The number of aromatic nitrogens is 2. The zero-order chi connectivity index (χ0) is 19.6. The number of hydrogen-bond acceptors (Lipinski definition) is 5. The van der Waals surface area contributed by atoms with Crippen LogP contribution in [0.3, 0.4) is 0 Å². The number of benzene rings is 1. The molecule has 6 nitrogen and oxygen atoms in total. The van der Waals surface area contributed by atoms with Gasteiger partial charge in [-0.1, -0.05) is 6.92 Å². The molecule has 6 heteroatoms. The van der Waals surface area contributed by atoms with E-state index in [1.165, 1.54) is 0 Å². The molecule has 2 aliphatic heterocycles. The monoisotopic (exact) mass is 377 g/mol. The van der Waals surface area contributed by atoms with E-state index in [2.05, 4.69) is 19.9 Å². The van der Waals surface area contributed by atoms with Crippen LogP contribution in [-0.4, -0.2) is 20.8 Å². The van der Waals surface area contributed by atoms with E-state index in [-0.39, 0.29) is 29.9 Å². The molecule has 0 saturated carbocycles. The summed E-state index contributed by atoms with van der Waals surface area (Å²) in [7, 11) is 0. The highest BCUT2D eigenvalue weighted by Crippen LogP contribution is 2.39. The number of nitrogens with zero attached hydrogens (tertiary/aromatic N) is 2. The molecule has 4 heterocycles. The minimum absolute atomic E-state index is 0.0156. The van der Waals surface area contributed by atoms with Crippen LogP contribution in [0.15, 0.2) is 29.1 Å². The van der Waals surface area contributed by atoms with Gasteiger partial charge in [0.2, 0.25) is 0 Å². The molecule has 3 aromatic rings. The number of ether oxygens (including phenoxy) is 1. The van der Waals surface area contributed by atoms with E-state index in [1.807, 2.05) is 6.07 Å². The number of nitrogens with two attached hydrogens (primary N) is 1. The quantitative estimate of drug-likeness (QED) is 0.560. The second-order valence-corrected chi connectivity index (χ2v) is 7.72. The summed E-state index contributed by atoms with van der Waals surface area (Å²) in [5.41, 5.74) is 11.9. The minimum atomic E-state index is 0.0156. The fourth-order valence-electron chi connectivity index (χ4n) is 4.73. The van der Waals surface area contributed by atoms with Crippen molar-refractivity contribution < 1.29 is 9.84 Å². The number of rotatable bonds is 2. The van der Waals surface area contributed by atoms with Crippen LogP contribution >= 0.6 is 0 Å². The Labute approximate surface area is 162 Å². The average Bonchev–Trinajstić information content (AvgIpc) is 3.04. The summed E-state index contributed by atoms with van der Waals surface area (Å²) in [6.45, 7) is 5.28. The maximum Gasteiger partial charge on any atom is 0.257 e. The molecule has 3 N–H and O–H groups in total. The second-order valence-electron chi connectivity index (χ2n) is 7.72. The standard InChI is InChI=1S/C22H23N3O3/c1-3-13-11(2)28-10-17-14(13)7-19-21-12(9-25(19)22(17)27)6-15-16(8-23)20(26)5-4-18(15)24-21/h4-7,11,13,26H,3,8-10,23H2,1-2H3. The van der Waals surface area contributed by atoms with Gasteiger partial charge in [-0.2, -0.15) is 0 Å². The Morgan fingerprint density at radius 2 is 2.18 bits per heavy atom. The van der Waals surface area contributed by atoms with Crippen molar-refractivity contribution in [1.29, 1.82) is 0 Å². The van der Waals surface area contributed by atoms with Crippen molar-refractivity contribution in [3.63, 3.8) is 0 Å². The Bertz CT molecular complexity index is 1180. The largest absolute Gasteiger partial charge is 0.508 e. The second kappa shape index (κ2) is 6.15. The van der Waals surface area contributed by atoms with Gasteiger partial charge in [-0.25, -0.2) is 4.98 Å². The van der Waals surface area contributed by atoms with Gasteiger partial charge in [0.1, 0.15) is 5.75 Å². The van der Waals surface area contributed by atoms with Crippen molar-refractivity contribution in [1.82, 2.24) is 9.55 Å². The summed E-state index contributed by atoms with van der Waals surface area (Å²) < 4.78 is 7.66. The Hall–Kier alpha value is -2.70. The van der Waals surface area contributed by atoms with Gasteiger partial charge >= 0.3 is 0 Å². The van der Waals surface area contributed by atoms with E-state index >= 15 is 0 Å². The molecule has 0 aliphatic carbocycles. The molecule has 0 spiro atoms. The van der Waals surface area contributed by atoms with E-state index in [4.69, 9.17) is 15.5 Å². The van der Waals surface area contributed by atoms with Crippen molar-refractivity contribution in [3.8, 4) is 17.1 Å². The normalized spacial score (nSPS) is 20.1. The van der Waals surface area contributed by atoms with Crippen molar-refractivity contribution in [2.45, 2.75) is 52.0 Å². The van der Waals surface area contributed by atoms with E-state index < -0.39 is 0 Å². The zero-order valence-electron chi connectivity index (χ0n) is 16.0. The third-order valence-corrected chi connectivity index (χ3v) is 6.27. The van der Waals surface area contributed by atoms with Crippen LogP contribution in [0.4, 0.5) is 0 Å². The van der Waals surface area contributed by atoms with E-state index in [1.54, 1.807) is 16.7 Å². The van der Waals surface area contributed by atoms with E-state index in [9.17, 15) is 9.90 Å². The van der Waals surface area contributed by atoms with Crippen LogP contribution in [0.5, 0.6) is 5.75 Å². The number of phenolic OH excluding ortho intramolecular Hbond substituents is 1. The van der Waals surface area contributed by atoms with E-state index in [0.717, 1.165) is 45.4 Å².